The molecule has 0 aliphatic heterocycles. The number of hydrazone groups is 2. The van der Waals surface area contributed by atoms with Gasteiger partial charge >= 0.3 is 0 Å². The topological polar surface area (TPSA) is 72.8 Å². The van der Waals surface area contributed by atoms with E-state index in [1.165, 1.54) is 0 Å². The zero-order valence-electron chi connectivity index (χ0n) is 11.7. The Morgan fingerprint density at radius 2 is 1.25 bits per heavy atom. The summed E-state index contributed by atoms with van der Waals surface area (Å²) in [6.45, 7) is 11.9. The van der Waals surface area contributed by atoms with Crippen molar-refractivity contribution < 1.29 is 0 Å². The standard InChI is InChI=1S/C12H20N6S2/c1-5-7-13-11(19)17-15-9(3)10(4)16-18-12(20)14-8-6-2/h5-6H,1-2,7-8H2,3-4H3,(H2,13,17,19)(H2,14,18,20)/b15-9+,16-10+. The van der Waals surface area contributed by atoms with Crippen molar-refractivity contribution in [2.75, 3.05) is 13.1 Å². The number of rotatable bonds is 7. The van der Waals surface area contributed by atoms with Gasteiger partial charge in [-0.3, -0.25) is 10.9 Å². The van der Waals surface area contributed by atoms with Gasteiger partial charge in [0.05, 0.1) is 11.4 Å². The summed E-state index contributed by atoms with van der Waals surface area (Å²) in [5.74, 6) is 0. The third kappa shape index (κ3) is 9.17. The Bertz CT molecular complexity index is 388. The molecule has 0 amide bonds. The molecule has 0 aliphatic rings. The molecule has 0 spiro atoms. The maximum absolute atomic E-state index is 5.01. The highest BCUT2D eigenvalue weighted by atomic mass is 32.1. The molecule has 0 aromatic rings. The summed E-state index contributed by atoms with van der Waals surface area (Å²) in [5.41, 5.74) is 6.79. The zero-order chi connectivity index (χ0) is 15.4. The summed E-state index contributed by atoms with van der Waals surface area (Å²) < 4.78 is 0. The van der Waals surface area contributed by atoms with Gasteiger partial charge in [-0.25, -0.2) is 0 Å². The molecule has 4 N–H and O–H groups in total. The van der Waals surface area contributed by atoms with Crippen molar-refractivity contribution in [2.24, 2.45) is 10.2 Å². The minimum Gasteiger partial charge on any atom is -0.358 e. The molecule has 110 valence electrons. The van der Waals surface area contributed by atoms with E-state index in [9.17, 15) is 0 Å². The molecule has 0 heterocycles. The van der Waals surface area contributed by atoms with Crippen LogP contribution in [-0.2, 0) is 0 Å². The number of nitrogens with zero attached hydrogens (tertiary/aromatic N) is 2. The lowest BCUT2D eigenvalue weighted by atomic mass is 10.3. The van der Waals surface area contributed by atoms with Crippen molar-refractivity contribution in [3.63, 3.8) is 0 Å². The summed E-state index contributed by atoms with van der Waals surface area (Å²) in [5, 5.41) is 14.8. The van der Waals surface area contributed by atoms with E-state index >= 15 is 0 Å². The second-order valence-electron chi connectivity index (χ2n) is 3.62. The molecule has 0 unspecified atom stereocenters. The maximum Gasteiger partial charge on any atom is 0.187 e. The van der Waals surface area contributed by atoms with Crippen LogP contribution in [0.5, 0.6) is 0 Å². The van der Waals surface area contributed by atoms with Crippen LogP contribution in [0.2, 0.25) is 0 Å². The molecule has 0 fully saturated rings. The maximum atomic E-state index is 5.01. The Labute approximate surface area is 130 Å². The molecule has 0 aromatic heterocycles. The van der Waals surface area contributed by atoms with E-state index in [0.717, 1.165) is 0 Å². The Hall–Kier alpha value is -1.80. The predicted molar refractivity (Wildman–Crippen MR) is 94.1 cm³/mol. The summed E-state index contributed by atoms with van der Waals surface area (Å²) in [6.07, 6.45) is 3.41. The van der Waals surface area contributed by atoms with Crippen LogP contribution in [0.4, 0.5) is 0 Å². The molecule has 0 aliphatic carbocycles. The van der Waals surface area contributed by atoms with Crippen molar-refractivity contribution in [3.8, 4) is 0 Å². The molecule has 0 atom stereocenters. The first kappa shape index (κ1) is 18.2. The first-order chi connectivity index (χ1) is 9.51. The summed E-state index contributed by atoms with van der Waals surface area (Å²) >= 11 is 10.0. The number of nitrogens with one attached hydrogen (secondary N) is 4. The molecule has 0 rings (SSSR count). The Kier molecular flexibility index (Phi) is 10.1. The van der Waals surface area contributed by atoms with Gasteiger partial charge in [0, 0.05) is 13.1 Å². The largest absolute Gasteiger partial charge is 0.358 e. The Morgan fingerprint density at radius 3 is 1.55 bits per heavy atom. The minimum absolute atomic E-state index is 0.424. The SMILES string of the molecule is C=CCNC(=S)N/N=C(C)/C(C)=N/NC(=S)NCC=C. The van der Waals surface area contributed by atoms with Crippen molar-refractivity contribution in [1.29, 1.82) is 0 Å². The average Bonchev–Trinajstić information content (AvgIpc) is 2.45. The average molecular weight is 312 g/mol. The van der Waals surface area contributed by atoms with Crippen LogP contribution in [0.3, 0.4) is 0 Å². The van der Waals surface area contributed by atoms with Crippen LogP contribution >= 0.6 is 24.4 Å². The molecule has 20 heavy (non-hydrogen) atoms. The van der Waals surface area contributed by atoms with E-state index < -0.39 is 0 Å². The first-order valence-electron chi connectivity index (χ1n) is 5.89. The lowest BCUT2D eigenvalue weighted by molar-refractivity contribution is 0.930. The zero-order valence-corrected chi connectivity index (χ0v) is 13.3. The molecule has 0 aromatic carbocycles. The van der Waals surface area contributed by atoms with Gasteiger partial charge in [-0.2, -0.15) is 10.2 Å². The van der Waals surface area contributed by atoms with Crippen molar-refractivity contribution in [2.45, 2.75) is 13.8 Å². The van der Waals surface area contributed by atoms with E-state index in [0.29, 0.717) is 34.7 Å². The number of hydrogen-bond donors (Lipinski definition) is 4. The summed E-state index contributed by atoms with van der Waals surface area (Å²) in [7, 11) is 0. The van der Waals surface area contributed by atoms with Gasteiger partial charge in [0.15, 0.2) is 10.2 Å². The van der Waals surface area contributed by atoms with E-state index in [2.05, 4.69) is 44.8 Å². The van der Waals surface area contributed by atoms with Crippen molar-refractivity contribution in [3.05, 3.63) is 25.3 Å². The minimum atomic E-state index is 0.424. The quantitative estimate of drug-likeness (QED) is 0.244. The second kappa shape index (κ2) is 11.1. The normalized spacial score (nSPS) is 11.3. The van der Waals surface area contributed by atoms with Crippen molar-refractivity contribution >= 4 is 46.1 Å². The monoisotopic (exact) mass is 312 g/mol. The molecule has 8 heteroatoms. The predicted octanol–water partition coefficient (Wildman–Crippen LogP) is 1.04. The van der Waals surface area contributed by atoms with Gasteiger partial charge in [-0.1, -0.05) is 12.2 Å². The fourth-order valence-corrected chi connectivity index (χ4v) is 1.10. The fraction of sp³-hybridized carbons (Fsp3) is 0.333. The van der Waals surface area contributed by atoms with Crippen LogP contribution in [0.25, 0.3) is 0 Å². The Balaban J connectivity index is 4.26. The van der Waals surface area contributed by atoms with E-state index in [4.69, 9.17) is 24.4 Å². The van der Waals surface area contributed by atoms with E-state index in [-0.39, 0.29) is 0 Å². The number of hydrogen-bond acceptors (Lipinski definition) is 4. The third-order valence-electron chi connectivity index (χ3n) is 1.99. The highest BCUT2D eigenvalue weighted by molar-refractivity contribution is 7.80. The molecule has 0 saturated carbocycles. The van der Waals surface area contributed by atoms with Gasteiger partial charge in [-0.15, -0.1) is 13.2 Å². The molecule has 0 saturated heterocycles. The lowest BCUT2D eigenvalue weighted by Crippen LogP contribution is -2.34. The second-order valence-corrected chi connectivity index (χ2v) is 4.43. The summed E-state index contributed by atoms with van der Waals surface area (Å²) in [4.78, 5) is 0. The fourth-order valence-electron chi connectivity index (χ4n) is 0.840. The molecular weight excluding hydrogens is 292 g/mol. The lowest BCUT2D eigenvalue weighted by Gasteiger charge is -2.07. The highest BCUT2D eigenvalue weighted by Gasteiger charge is 1.99. The third-order valence-corrected chi connectivity index (χ3v) is 2.46. The molecule has 6 nitrogen and oxygen atoms in total. The highest BCUT2D eigenvalue weighted by Crippen LogP contribution is 1.83. The van der Waals surface area contributed by atoms with E-state index in [1.807, 2.05) is 13.8 Å². The molecule has 0 bridgehead atoms. The summed E-state index contributed by atoms with van der Waals surface area (Å²) in [6, 6.07) is 0. The van der Waals surface area contributed by atoms with Gasteiger partial charge in [0.25, 0.3) is 0 Å². The van der Waals surface area contributed by atoms with Gasteiger partial charge in [0.2, 0.25) is 0 Å². The van der Waals surface area contributed by atoms with Gasteiger partial charge in [0.1, 0.15) is 0 Å². The van der Waals surface area contributed by atoms with E-state index in [1.54, 1.807) is 12.2 Å². The first-order valence-corrected chi connectivity index (χ1v) is 6.71. The van der Waals surface area contributed by atoms with Crippen LogP contribution < -0.4 is 21.5 Å². The molecule has 0 radical (unpaired) electrons. The molecular formula is C12H20N6S2. The Morgan fingerprint density at radius 1 is 0.900 bits per heavy atom. The smallest absolute Gasteiger partial charge is 0.187 e. The van der Waals surface area contributed by atoms with Crippen molar-refractivity contribution in [1.82, 2.24) is 21.5 Å². The van der Waals surface area contributed by atoms with Crippen LogP contribution in [0.1, 0.15) is 13.8 Å². The van der Waals surface area contributed by atoms with Crippen LogP contribution in [0, 0.1) is 0 Å². The van der Waals surface area contributed by atoms with Gasteiger partial charge < -0.3 is 10.6 Å². The van der Waals surface area contributed by atoms with Gasteiger partial charge in [-0.05, 0) is 38.3 Å². The number of thiocarbonyl (C=S) groups is 2. The van der Waals surface area contributed by atoms with Crippen LogP contribution in [-0.4, -0.2) is 34.7 Å². The van der Waals surface area contributed by atoms with Crippen LogP contribution in [0.15, 0.2) is 35.5 Å².